The van der Waals surface area contributed by atoms with Gasteiger partial charge in [0.2, 0.25) is 0 Å². The van der Waals surface area contributed by atoms with E-state index >= 15 is 0 Å². The topological polar surface area (TPSA) is 55.7 Å². The number of hydrogen-bond donors (Lipinski definition) is 3. The van der Waals surface area contributed by atoms with Crippen molar-refractivity contribution >= 4 is 11.4 Å². The molecule has 0 amide bonds. The SMILES string of the molecule is C=C[C@@H](NN(c1ccccc1)c1ccccc1)[C@@H](O)CO. The summed E-state index contributed by atoms with van der Waals surface area (Å²) >= 11 is 0. The first-order valence-corrected chi connectivity index (χ1v) is 6.84. The van der Waals surface area contributed by atoms with Crippen LogP contribution in [0.2, 0.25) is 0 Å². The monoisotopic (exact) mass is 284 g/mol. The number of rotatable bonds is 7. The van der Waals surface area contributed by atoms with Crippen LogP contribution in [0.4, 0.5) is 11.4 Å². The fourth-order valence-electron chi connectivity index (χ4n) is 2.01. The highest BCUT2D eigenvalue weighted by Gasteiger charge is 2.19. The van der Waals surface area contributed by atoms with E-state index in [1.807, 2.05) is 65.7 Å². The van der Waals surface area contributed by atoms with Gasteiger partial charge in [-0.25, -0.2) is 5.43 Å². The Balaban J connectivity index is 2.31. The van der Waals surface area contributed by atoms with Crippen LogP contribution in [0.25, 0.3) is 0 Å². The molecular formula is C17H20N2O2. The molecule has 0 spiro atoms. The Kier molecular flexibility index (Phi) is 5.51. The Hall–Kier alpha value is -2.14. The Labute approximate surface area is 124 Å². The van der Waals surface area contributed by atoms with Crippen molar-refractivity contribution in [2.75, 3.05) is 11.6 Å². The largest absolute Gasteiger partial charge is 0.394 e. The fourth-order valence-corrected chi connectivity index (χ4v) is 2.01. The van der Waals surface area contributed by atoms with Gasteiger partial charge in [-0.15, -0.1) is 6.58 Å². The number of para-hydroxylation sites is 2. The predicted molar refractivity (Wildman–Crippen MR) is 85.2 cm³/mol. The average Bonchev–Trinajstić information content (AvgIpc) is 2.57. The lowest BCUT2D eigenvalue weighted by molar-refractivity contribution is 0.0759. The van der Waals surface area contributed by atoms with E-state index < -0.39 is 12.1 Å². The van der Waals surface area contributed by atoms with Crippen LogP contribution in [0.1, 0.15) is 0 Å². The maximum atomic E-state index is 9.85. The van der Waals surface area contributed by atoms with Crippen molar-refractivity contribution in [2.45, 2.75) is 12.1 Å². The van der Waals surface area contributed by atoms with Crippen molar-refractivity contribution in [1.82, 2.24) is 5.43 Å². The molecule has 110 valence electrons. The van der Waals surface area contributed by atoms with Gasteiger partial charge in [0.25, 0.3) is 0 Å². The molecule has 0 bridgehead atoms. The van der Waals surface area contributed by atoms with E-state index in [0.717, 1.165) is 11.4 Å². The third-order valence-electron chi connectivity index (χ3n) is 3.16. The molecule has 2 atom stereocenters. The summed E-state index contributed by atoms with van der Waals surface area (Å²) < 4.78 is 0. The van der Waals surface area contributed by atoms with E-state index in [2.05, 4.69) is 12.0 Å². The van der Waals surface area contributed by atoms with Crippen molar-refractivity contribution in [3.63, 3.8) is 0 Å². The number of hydrogen-bond acceptors (Lipinski definition) is 4. The van der Waals surface area contributed by atoms with Crippen LogP contribution in [-0.4, -0.2) is 29.0 Å². The Morgan fingerprint density at radius 2 is 1.48 bits per heavy atom. The van der Waals surface area contributed by atoms with E-state index in [1.165, 1.54) is 0 Å². The molecule has 0 aromatic heterocycles. The molecule has 3 N–H and O–H groups in total. The molecule has 0 aliphatic rings. The zero-order valence-electron chi connectivity index (χ0n) is 11.8. The summed E-state index contributed by atoms with van der Waals surface area (Å²) in [7, 11) is 0. The molecule has 0 fully saturated rings. The molecule has 0 radical (unpaired) electrons. The second-order valence-corrected chi connectivity index (χ2v) is 4.65. The smallest absolute Gasteiger partial charge is 0.0976 e. The second kappa shape index (κ2) is 7.59. The quantitative estimate of drug-likeness (QED) is 0.539. The van der Waals surface area contributed by atoms with Crippen molar-refractivity contribution in [3.8, 4) is 0 Å². The van der Waals surface area contributed by atoms with Crippen LogP contribution < -0.4 is 10.4 Å². The van der Waals surface area contributed by atoms with Gasteiger partial charge in [0.1, 0.15) is 0 Å². The van der Waals surface area contributed by atoms with E-state index in [4.69, 9.17) is 5.11 Å². The lowest BCUT2D eigenvalue weighted by Crippen LogP contribution is -2.48. The van der Waals surface area contributed by atoms with Crippen molar-refractivity contribution in [2.24, 2.45) is 0 Å². The van der Waals surface area contributed by atoms with Gasteiger partial charge in [-0.05, 0) is 24.3 Å². The predicted octanol–water partition coefficient (Wildman–Crippen LogP) is 2.24. The molecule has 2 aromatic carbocycles. The summed E-state index contributed by atoms with van der Waals surface area (Å²) in [5.74, 6) is 0. The minimum absolute atomic E-state index is 0.332. The number of aliphatic hydroxyl groups is 2. The Morgan fingerprint density at radius 3 is 1.86 bits per heavy atom. The lowest BCUT2D eigenvalue weighted by atomic mass is 10.2. The Morgan fingerprint density at radius 1 is 1.00 bits per heavy atom. The van der Waals surface area contributed by atoms with Gasteiger partial charge in [-0.1, -0.05) is 42.5 Å². The molecule has 0 saturated heterocycles. The summed E-state index contributed by atoms with van der Waals surface area (Å²) in [4.78, 5) is 0. The van der Waals surface area contributed by atoms with Gasteiger partial charge < -0.3 is 10.2 Å². The van der Waals surface area contributed by atoms with Crippen molar-refractivity contribution in [1.29, 1.82) is 0 Å². The van der Waals surface area contributed by atoms with E-state index in [-0.39, 0.29) is 6.61 Å². The van der Waals surface area contributed by atoms with Crippen LogP contribution >= 0.6 is 0 Å². The number of nitrogens with zero attached hydrogens (tertiary/aromatic N) is 1. The number of hydrazine groups is 1. The summed E-state index contributed by atoms with van der Waals surface area (Å²) in [6.07, 6.45) is 0.664. The molecule has 0 heterocycles. The fraction of sp³-hybridized carbons (Fsp3) is 0.176. The molecule has 2 aromatic rings. The molecule has 4 nitrogen and oxygen atoms in total. The molecule has 2 rings (SSSR count). The van der Waals surface area contributed by atoms with Crippen molar-refractivity contribution < 1.29 is 10.2 Å². The first-order chi connectivity index (χ1) is 10.3. The third kappa shape index (κ3) is 3.92. The minimum Gasteiger partial charge on any atom is -0.394 e. The van der Waals surface area contributed by atoms with Crippen molar-refractivity contribution in [3.05, 3.63) is 73.3 Å². The Bertz CT molecular complexity index is 506. The molecule has 0 aliphatic heterocycles. The van der Waals surface area contributed by atoms with Gasteiger partial charge >= 0.3 is 0 Å². The maximum Gasteiger partial charge on any atom is 0.0976 e. The van der Waals surface area contributed by atoms with Gasteiger partial charge in [-0.2, -0.15) is 0 Å². The lowest BCUT2D eigenvalue weighted by Gasteiger charge is -2.31. The highest BCUT2D eigenvalue weighted by molar-refractivity contribution is 5.61. The molecule has 4 heteroatoms. The third-order valence-corrected chi connectivity index (χ3v) is 3.16. The maximum absolute atomic E-state index is 9.85. The number of aliphatic hydroxyl groups excluding tert-OH is 2. The zero-order chi connectivity index (χ0) is 15.1. The molecule has 0 aliphatic carbocycles. The van der Waals surface area contributed by atoms with Crippen LogP contribution in [0.5, 0.6) is 0 Å². The summed E-state index contributed by atoms with van der Waals surface area (Å²) in [6, 6.07) is 19.1. The number of anilines is 2. The van der Waals surface area contributed by atoms with Crippen LogP contribution in [0, 0.1) is 0 Å². The van der Waals surface area contributed by atoms with Gasteiger partial charge in [-0.3, -0.25) is 5.01 Å². The summed E-state index contributed by atoms with van der Waals surface area (Å²) in [5.41, 5.74) is 5.05. The standard InChI is InChI=1S/C17H20N2O2/c1-2-16(17(21)13-20)18-19(14-9-5-3-6-10-14)15-11-7-4-8-12-15/h2-12,16-18,20-21H,1,13H2/t16-,17+/m1/s1. The molecule has 0 saturated carbocycles. The van der Waals surface area contributed by atoms with E-state index in [1.54, 1.807) is 6.08 Å². The van der Waals surface area contributed by atoms with Crippen LogP contribution in [0.3, 0.4) is 0 Å². The van der Waals surface area contributed by atoms with Crippen LogP contribution in [0.15, 0.2) is 73.3 Å². The number of nitrogens with one attached hydrogen (secondary N) is 1. The minimum atomic E-state index is -0.919. The van der Waals surface area contributed by atoms with Gasteiger partial charge in [0.05, 0.1) is 30.1 Å². The average molecular weight is 284 g/mol. The second-order valence-electron chi connectivity index (χ2n) is 4.65. The van der Waals surface area contributed by atoms with Gasteiger partial charge in [0, 0.05) is 0 Å². The zero-order valence-corrected chi connectivity index (χ0v) is 11.8. The first-order valence-electron chi connectivity index (χ1n) is 6.84. The number of benzene rings is 2. The molecular weight excluding hydrogens is 264 g/mol. The van der Waals surface area contributed by atoms with Gasteiger partial charge in [0.15, 0.2) is 0 Å². The first kappa shape index (κ1) is 15.3. The molecule has 0 unspecified atom stereocenters. The normalized spacial score (nSPS) is 13.4. The highest BCUT2D eigenvalue weighted by Crippen LogP contribution is 2.23. The van der Waals surface area contributed by atoms with Crippen LogP contribution in [-0.2, 0) is 0 Å². The van der Waals surface area contributed by atoms with E-state index in [9.17, 15) is 5.11 Å². The highest BCUT2D eigenvalue weighted by atomic mass is 16.3. The summed E-state index contributed by atoms with van der Waals surface area (Å²) in [5, 5.41) is 20.9. The summed E-state index contributed by atoms with van der Waals surface area (Å²) in [6.45, 7) is 3.38. The molecule has 21 heavy (non-hydrogen) atoms. The van der Waals surface area contributed by atoms with E-state index in [0.29, 0.717) is 0 Å².